The third-order valence-corrected chi connectivity index (χ3v) is 5.94. The first-order valence-electron chi connectivity index (χ1n) is 7.38. The zero-order valence-corrected chi connectivity index (χ0v) is 14.7. The van der Waals surface area contributed by atoms with E-state index >= 15 is 0 Å². The number of amides is 1. The standard InChI is InChI=1S/C16H22ClNO3S/c1-16(2,3)13-6-4-12(5-7-13)8-9-18-11-14(10-15(18)19)22(17,20)21/h4-7,14H,8-11H2,1-3H3. The van der Waals surface area contributed by atoms with Gasteiger partial charge in [0.2, 0.25) is 15.0 Å². The van der Waals surface area contributed by atoms with E-state index in [2.05, 4.69) is 45.0 Å². The molecular weight excluding hydrogens is 322 g/mol. The van der Waals surface area contributed by atoms with Crippen LogP contribution in [0, 0.1) is 0 Å². The van der Waals surface area contributed by atoms with Gasteiger partial charge in [-0.25, -0.2) is 8.42 Å². The Balaban J connectivity index is 1.95. The maximum absolute atomic E-state index is 11.8. The third kappa shape index (κ3) is 4.23. The Hall–Kier alpha value is -1.07. The highest BCUT2D eigenvalue weighted by Crippen LogP contribution is 2.23. The SMILES string of the molecule is CC(C)(C)c1ccc(CCN2CC(S(=O)(=O)Cl)CC2=O)cc1. The van der Waals surface area contributed by atoms with E-state index in [1.807, 2.05) is 0 Å². The molecule has 0 spiro atoms. The molecule has 0 N–H and O–H groups in total. The summed E-state index contributed by atoms with van der Waals surface area (Å²) in [4.78, 5) is 13.4. The predicted octanol–water partition coefficient (Wildman–Crippen LogP) is 2.70. The van der Waals surface area contributed by atoms with Crippen LogP contribution in [0.1, 0.15) is 38.3 Å². The van der Waals surface area contributed by atoms with Gasteiger partial charge in [0.1, 0.15) is 5.25 Å². The molecule has 0 bridgehead atoms. The fraction of sp³-hybridized carbons (Fsp3) is 0.562. The van der Waals surface area contributed by atoms with Crippen LogP contribution in [0.2, 0.25) is 0 Å². The average Bonchev–Trinajstić information content (AvgIpc) is 2.77. The number of hydrogen-bond donors (Lipinski definition) is 0. The van der Waals surface area contributed by atoms with Crippen molar-refractivity contribution in [1.82, 2.24) is 4.90 Å². The van der Waals surface area contributed by atoms with Gasteiger partial charge >= 0.3 is 0 Å². The number of halogens is 1. The zero-order valence-electron chi connectivity index (χ0n) is 13.2. The van der Waals surface area contributed by atoms with Crippen molar-refractivity contribution in [3.8, 4) is 0 Å². The fourth-order valence-corrected chi connectivity index (χ4v) is 3.63. The molecule has 2 rings (SSSR count). The Morgan fingerprint density at radius 3 is 2.27 bits per heavy atom. The molecule has 0 aliphatic carbocycles. The van der Waals surface area contributed by atoms with Gasteiger partial charge in [0.25, 0.3) is 0 Å². The lowest BCUT2D eigenvalue weighted by Gasteiger charge is -2.20. The van der Waals surface area contributed by atoms with Gasteiger partial charge in [0, 0.05) is 30.2 Å². The molecule has 1 saturated heterocycles. The molecule has 1 aliphatic rings. The first-order valence-corrected chi connectivity index (χ1v) is 9.75. The Morgan fingerprint density at radius 1 is 1.23 bits per heavy atom. The number of rotatable bonds is 4. The number of hydrogen-bond acceptors (Lipinski definition) is 3. The van der Waals surface area contributed by atoms with Crippen LogP contribution in [0.4, 0.5) is 0 Å². The molecule has 122 valence electrons. The van der Waals surface area contributed by atoms with Gasteiger partial charge in [-0.3, -0.25) is 4.79 Å². The summed E-state index contributed by atoms with van der Waals surface area (Å²) >= 11 is 0. The second kappa shape index (κ2) is 6.20. The van der Waals surface area contributed by atoms with Crippen LogP contribution >= 0.6 is 10.7 Å². The molecule has 4 nitrogen and oxygen atoms in total. The van der Waals surface area contributed by atoms with Gasteiger partial charge in [-0.2, -0.15) is 0 Å². The molecule has 1 aliphatic heterocycles. The largest absolute Gasteiger partial charge is 0.341 e. The van der Waals surface area contributed by atoms with E-state index in [0.717, 1.165) is 5.56 Å². The van der Waals surface area contributed by atoms with Crippen molar-refractivity contribution >= 4 is 25.6 Å². The summed E-state index contributed by atoms with van der Waals surface area (Å²) in [7, 11) is 1.68. The smallest absolute Gasteiger partial charge is 0.237 e. The lowest BCUT2D eigenvalue weighted by Crippen LogP contribution is -2.29. The zero-order chi connectivity index (χ0) is 16.5. The van der Waals surface area contributed by atoms with Crippen molar-refractivity contribution in [2.45, 2.75) is 44.3 Å². The lowest BCUT2D eigenvalue weighted by molar-refractivity contribution is -0.127. The number of nitrogens with zero attached hydrogens (tertiary/aromatic N) is 1. The van der Waals surface area contributed by atoms with Crippen LogP contribution in [-0.2, 0) is 25.7 Å². The van der Waals surface area contributed by atoms with E-state index in [0.29, 0.717) is 13.0 Å². The van der Waals surface area contributed by atoms with Gasteiger partial charge in [-0.05, 0) is 23.0 Å². The van der Waals surface area contributed by atoms with E-state index < -0.39 is 14.3 Å². The van der Waals surface area contributed by atoms with Gasteiger partial charge in [0.15, 0.2) is 0 Å². The third-order valence-electron chi connectivity index (χ3n) is 4.07. The highest BCUT2D eigenvalue weighted by molar-refractivity contribution is 8.14. The summed E-state index contributed by atoms with van der Waals surface area (Å²) < 4.78 is 22.6. The molecule has 1 aromatic rings. The molecule has 0 aromatic heterocycles. The number of carbonyl (C=O) groups excluding carboxylic acids is 1. The van der Waals surface area contributed by atoms with Gasteiger partial charge in [-0.15, -0.1) is 0 Å². The van der Waals surface area contributed by atoms with E-state index in [4.69, 9.17) is 10.7 Å². The van der Waals surface area contributed by atoms with Crippen LogP contribution in [0.25, 0.3) is 0 Å². The first kappa shape index (κ1) is 17.3. The molecule has 0 radical (unpaired) electrons. The number of likely N-dealkylation sites (tertiary alicyclic amines) is 1. The second-order valence-electron chi connectivity index (χ2n) is 6.84. The molecule has 22 heavy (non-hydrogen) atoms. The second-order valence-corrected chi connectivity index (χ2v) is 9.75. The topological polar surface area (TPSA) is 54.5 Å². The van der Waals surface area contributed by atoms with E-state index in [1.54, 1.807) is 4.90 Å². The quantitative estimate of drug-likeness (QED) is 0.790. The minimum atomic E-state index is -3.66. The predicted molar refractivity (Wildman–Crippen MR) is 88.6 cm³/mol. The van der Waals surface area contributed by atoms with Gasteiger partial charge in [-0.1, -0.05) is 45.0 Å². The minimum Gasteiger partial charge on any atom is -0.341 e. The van der Waals surface area contributed by atoms with E-state index in [9.17, 15) is 13.2 Å². The molecule has 6 heteroatoms. The van der Waals surface area contributed by atoms with E-state index in [1.165, 1.54) is 5.56 Å². The molecule has 1 heterocycles. The highest BCUT2D eigenvalue weighted by Gasteiger charge is 2.36. The van der Waals surface area contributed by atoms with Crippen LogP contribution in [0.5, 0.6) is 0 Å². The molecule has 1 unspecified atom stereocenters. The number of benzene rings is 1. The summed E-state index contributed by atoms with van der Waals surface area (Å²) in [5, 5.41) is -0.773. The Bertz CT molecular complexity index is 647. The van der Waals surface area contributed by atoms with Crippen LogP contribution in [0.15, 0.2) is 24.3 Å². The fourth-order valence-electron chi connectivity index (χ4n) is 2.58. The van der Waals surface area contributed by atoms with Crippen LogP contribution in [-0.4, -0.2) is 37.6 Å². The Morgan fingerprint density at radius 2 is 1.82 bits per heavy atom. The normalized spacial score (nSPS) is 19.7. The van der Waals surface area contributed by atoms with Crippen molar-refractivity contribution in [3.05, 3.63) is 35.4 Å². The molecule has 0 saturated carbocycles. The maximum atomic E-state index is 11.8. The Labute approximate surface area is 136 Å². The molecular formula is C16H22ClNO3S. The first-order chi connectivity index (χ1) is 10.1. The number of carbonyl (C=O) groups is 1. The van der Waals surface area contributed by atoms with Crippen LogP contribution < -0.4 is 0 Å². The van der Waals surface area contributed by atoms with Crippen molar-refractivity contribution in [2.24, 2.45) is 0 Å². The minimum absolute atomic E-state index is 0.00516. The van der Waals surface area contributed by atoms with Gasteiger partial charge in [0.05, 0.1) is 0 Å². The summed E-state index contributed by atoms with van der Waals surface area (Å²) in [6.45, 7) is 7.22. The monoisotopic (exact) mass is 343 g/mol. The van der Waals surface area contributed by atoms with Crippen molar-refractivity contribution in [3.63, 3.8) is 0 Å². The summed E-state index contributed by atoms with van der Waals surface area (Å²) in [5.74, 6) is -0.138. The van der Waals surface area contributed by atoms with Crippen molar-refractivity contribution in [2.75, 3.05) is 13.1 Å². The Kier molecular flexibility index (Phi) is 4.87. The van der Waals surface area contributed by atoms with Crippen molar-refractivity contribution in [1.29, 1.82) is 0 Å². The molecule has 1 aromatic carbocycles. The maximum Gasteiger partial charge on any atom is 0.237 e. The molecule has 1 fully saturated rings. The average molecular weight is 344 g/mol. The summed E-state index contributed by atoms with van der Waals surface area (Å²) in [6, 6.07) is 8.34. The van der Waals surface area contributed by atoms with Gasteiger partial charge < -0.3 is 4.90 Å². The van der Waals surface area contributed by atoms with Crippen LogP contribution in [0.3, 0.4) is 0 Å². The van der Waals surface area contributed by atoms with Crippen molar-refractivity contribution < 1.29 is 13.2 Å². The lowest BCUT2D eigenvalue weighted by atomic mass is 9.86. The highest BCUT2D eigenvalue weighted by atomic mass is 35.7. The molecule has 1 amide bonds. The molecule has 1 atom stereocenters. The summed E-state index contributed by atoms with van der Waals surface area (Å²) in [5.41, 5.74) is 2.52. The summed E-state index contributed by atoms with van der Waals surface area (Å²) in [6.07, 6.45) is 0.708. The van der Waals surface area contributed by atoms with E-state index in [-0.39, 0.29) is 24.3 Å².